The van der Waals surface area contributed by atoms with Gasteiger partial charge in [-0.15, -0.1) is 0 Å². The molecule has 2 aromatic rings. The van der Waals surface area contributed by atoms with Crippen LogP contribution in [0.3, 0.4) is 0 Å². The van der Waals surface area contributed by atoms with Gasteiger partial charge in [0.2, 0.25) is 0 Å². The first-order valence-electron chi connectivity index (χ1n) is 14.1. The number of fused-ring (bicyclic) bond motifs is 1. The molecule has 3 heterocycles. The number of carbonyl (C=O) groups excluding carboxylic acids is 1. The number of carbonyl (C=O) groups is 1. The van der Waals surface area contributed by atoms with Crippen LogP contribution in [0.4, 0.5) is 4.79 Å². The van der Waals surface area contributed by atoms with Crippen molar-refractivity contribution in [2.45, 2.75) is 51.0 Å². The molecule has 2 aliphatic carbocycles. The zero-order chi connectivity index (χ0) is 25.0. The first-order valence-corrected chi connectivity index (χ1v) is 14.1. The molecular formula is C31H38N4O2. The smallest absolute Gasteiger partial charge is 0.317 e. The highest BCUT2D eigenvalue weighted by Crippen LogP contribution is 2.36. The van der Waals surface area contributed by atoms with Crippen LogP contribution in [0, 0.1) is 0 Å². The molecule has 0 unspecified atom stereocenters. The monoisotopic (exact) mass is 498 g/mol. The van der Waals surface area contributed by atoms with E-state index in [2.05, 4.69) is 52.7 Å². The lowest BCUT2D eigenvalue weighted by Crippen LogP contribution is -2.45. The van der Waals surface area contributed by atoms with Gasteiger partial charge in [-0.3, -0.25) is 9.88 Å². The molecule has 6 rings (SSSR count). The number of urea groups is 1. The summed E-state index contributed by atoms with van der Waals surface area (Å²) in [5.41, 5.74) is 8.82. The van der Waals surface area contributed by atoms with Gasteiger partial charge in [-0.2, -0.15) is 0 Å². The SMILES string of the molecule is O=C(NC1CCCC1)N1CC=C(C2=CCc3ncc(-c4ccc(CCN5CCOCC5)cc4)cc32)CC1. The molecule has 6 heteroatoms. The molecule has 0 bridgehead atoms. The number of ether oxygens (including phenoxy) is 1. The fourth-order valence-corrected chi connectivity index (χ4v) is 6.07. The number of pyridine rings is 1. The number of allylic oxidation sites excluding steroid dienone is 2. The van der Waals surface area contributed by atoms with Crippen LogP contribution in [0.2, 0.25) is 0 Å². The Kier molecular flexibility index (Phi) is 7.38. The van der Waals surface area contributed by atoms with Gasteiger partial charge in [0.1, 0.15) is 0 Å². The van der Waals surface area contributed by atoms with Crippen molar-refractivity contribution in [3.63, 3.8) is 0 Å². The molecule has 1 saturated carbocycles. The number of hydrogen-bond donors (Lipinski definition) is 1. The quantitative estimate of drug-likeness (QED) is 0.619. The molecule has 1 aromatic heterocycles. The summed E-state index contributed by atoms with van der Waals surface area (Å²) in [5, 5.41) is 3.23. The van der Waals surface area contributed by atoms with Crippen LogP contribution in [-0.4, -0.2) is 72.8 Å². The van der Waals surface area contributed by atoms with Gasteiger partial charge in [0.05, 0.1) is 18.9 Å². The minimum atomic E-state index is 0.0975. The average molecular weight is 499 g/mol. The van der Waals surface area contributed by atoms with Crippen molar-refractivity contribution in [1.29, 1.82) is 0 Å². The van der Waals surface area contributed by atoms with Crippen molar-refractivity contribution < 1.29 is 9.53 Å². The van der Waals surface area contributed by atoms with Crippen LogP contribution < -0.4 is 5.32 Å². The topological polar surface area (TPSA) is 57.7 Å². The van der Waals surface area contributed by atoms with Crippen LogP contribution >= 0.6 is 0 Å². The maximum absolute atomic E-state index is 12.7. The van der Waals surface area contributed by atoms with Gasteiger partial charge in [0.25, 0.3) is 0 Å². The summed E-state index contributed by atoms with van der Waals surface area (Å²) >= 11 is 0. The van der Waals surface area contributed by atoms with Gasteiger partial charge in [0, 0.05) is 62.5 Å². The lowest BCUT2D eigenvalue weighted by Gasteiger charge is -2.28. The van der Waals surface area contributed by atoms with E-state index in [1.165, 1.54) is 46.2 Å². The second-order valence-corrected chi connectivity index (χ2v) is 10.8. The van der Waals surface area contributed by atoms with Crippen LogP contribution in [0.1, 0.15) is 48.9 Å². The summed E-state index contributed by atoms with van der Waals surface area (Å²) in [6.45, 7) is 6.33. The normalized spacial score (nSPS) is 20.5. The van der Waals surface area contributed by atoms with Crippen molar-refractivity contribution in [3.05, 3.63) is 71.1 Å². The van der Waals surface area contributed by atoms with Crippen LogP contribution in [-0.2, 0) is 17.6 Å². The number of rotatable bonds is 6. The Morgan fingerprint density at radius 3 is 2.59 bits per heavy atom. The van der Waals surface area contributed by atoms with Gasteiger partial charge < -0.3 is 15.0 Å². The van der Waals surface area contributed by atoms with E-state index in [1.807, 2.05) is 11.1 Å². The predicted molar refractivity (Wildman–Crippen MR) is 147 cm³/mol. The summed E-state index contributed by atoms with van der Waals surface area (Å²) in [7, 11) is 0. The number of hydrogen-bond acceptors (Lipinski definition) is 4. The largest absolute Gasteiger partial charge is 0.379 e. The van der Waals surface area contributed by atoms with E-state index < -0.39 is 0 Å². The van der Waals surface area contributed by atoms with E-state index in [-0.39, 0.29) is 6.03 Å². The zero-order valence-electron chi connectivity index (χ0n) is 21.8. The molecule has 0 atom stereocenters. The highest BCUT2D eigenvalue weighted by Gasteiger charge is 2.25. The van der Waals surface area contributed by atoms with E-state index in [9.17, 15) is 4.79 Å². The van der Waals surface area contributed by atoms with Crippen LogP contribution in [0.15, 0.2) is 54.3 Å². The number of aromatic nitrogens is 1. The Hall–Kier alpha value is -2.96. The molecular weight excluding hydrogens is 460 g/mol. The van der Waals surface area contributed by atoms with Crippen molar-refractivity contribution >= 4 is 11.6 Å². The van der Waals surface area contributed by atoms with Crippen molar-refractivity contribution in [2.75, 3.05) is 45.9 Å². The predicted octanol–water partition coefficient (Wildman–Crippen LogP) is 4.85. The Morgan fingerprint density at radius 2 is 1.84 bits per heavy atom. The van der Waals surface area contributed by atoms with E-state index in [0.29, 0.717) is 12.6 Å². The molecule has 1 aromatic carbocycles. The molecule has 1 saturated heterocycles. The van der Waals surface area contributed by atoms with Crippen LogP contribution in [0.25, 0.3) is 16.7 Å². The number of benzene rings is 1. The molecule has 2 amide bonds. The lowest BCUT2D eigenvalue weighted by molar-refractivity contribution is 0.0384. The van der Waals surface area contributed by atoms with Gasteiger partial charge in [-0.1, -0.05) is 49.3 Å². The van der Waals surface area contributed by atoms with Gasteiger partial charge in [-0.05, 0) is 54.0 Å². The van der Waals surface area contributed by atoms with Crippen molar-refractivity contribution in [2.24, 2.45) is 0 Å². The number of amides is 2. The maximum atomic E-state index is 12.7. The fourth-order valence-electron chi connectivity index (χ4n) is 6.07. The molecule has 0 radical (unpaired) electrons. The highest BCUT2D eigenvalue weighted by atomic mass is 16.5. The molecule has 2 fully saturated rings. The summed E-state index contributed by atoms with van der Waals surface area (Å²) in [5.74, 6) is 0. The van der Waals surface area contributed by atoms with E-state index in [0.717, 1.165) is 77.2 Å². The fraction of sp³-hybridized carbons (Fsp3) is 0.484. The maximum Gasteiger partial charge on any atom is 0.317 e. The molecule has 0 spiro atoms. The minimum Gasteiger partial charge on any atom is -0.379 e. The highest BCUT2D eigenvalue weighted by molar-refractivity contribution is 5.86. The minimum absolute atomic E-state index is 0.0975. The van der Waals surface area contributed by atoms with Crippen molar-refractivity contribution in [3.8, 4) is 11.1 Å². The standard InChI is InChI=1S/C31H38N4O2/c36-31(33-27-3-1-2-4-27)35-15-12-25(13-16-35)28-9-10-30-29(28)21-26(22-32-30)24-7-5-23(6-8-24)11-14-34-17-19-37-20-18-34/h5-9,12,21-22,27H,1-4,10-11,13-20H2,(H,33,36). The molecule has 194 valence electrons. The van der Waals surface area contributed by atoms with E-state index in [1.54, 1.807) is 0 Å². The summed E-state index contributed by atoms with van der Waals surface area (Å²) < 4.78 is 5.46. The second-order valence-electron chi connectivity index (χ2n) is 10.8. The van der Waals surface area contributed by atoms with E-state index in [4.69, 9.17) is 9.72 Å². The van der Waals surface area contributed by atoms with Crippen LogP contribution in [0.5, 0.6) is 0 Å². The molecule has 37 heavy (non-hydrogen) atoms. The number of nitrogens with one attached hydrogen (secondary N) is 1. The van der Waals surface area contributed by atoms with Gasteiger partial charge in [0.15, 0.2) is 0 Å². The number of nitrogens with zero attached hydrogens (tertiary/aromatic N) is 3. The Balaban J connectivity index is 1.09. The summed E-state index contributed by atoms with van der Waals surface area (Å²) in [4.78, 5) is 21.9. The first-order chi connectivity index (χ1) is 18.2. The molecule has 1 N–H and O–H groups in total. The number of morpholine rings is 1. The zero-order valence-corrected chi connectivity index (χ0v) is 21.8. The van der Waals surface area contributed by atoms with Gasteiger partial charge in [-0.25, -0.2) is 4.79 Å². The Labute approximate surface area is 220 Å². The Morgan fingerprint density at radius 1 is 1.03 bits per heavy atom. The third-order valence-electron chi connectivity index (χ3n) is 8.39. The lowest BCUT2D eigenvalue weighted by atomic mass is 9.94. The molecule has 6 nitrogen and oxygen atoms in total. The third-order valence-corrected chi connectivity index (χ3v) is 8.39. The van der Waals surface area contributed by atoms with Gasteiger partial charge >= 0.3 is 6.03 Å². The summed E-state index contributed by atoms with van der Waals surface area (Å²) in [6.07, 6.45) is 14.1. The first kappa shape index (κ1) is 24.4. The third kappa shape index (κ3) is 5.65. The molecule has 4 aliphatic rings. The summed E-state index contributed by atoms with van der Waals surface area (Å²) in [6, 6.07) is 11.8. The molecule has 2 aliphatic heterocycles. The van der Waals surface area contributed by atoms with E-state index >= 15 is 0 Å². The average Bonchev–Trinajstić information content (AvgIpc) is 3.62. The Bertz CT molecular complexity index is 1170. The van der Waals surface area contributed by atoms with Crippen molar-refractivity contribution in [1.82, 2.24) is 20.1 Å². The second kappa shape index (κ2) is 11.2.